The summed E-state index contributed by atoms with van der Waals surface area (Å²) in [6.07, 6.45) is 12.3. The third-order valence-corrected chi connectivity index (χ3v) is 7.79. The average molecular weight is 541 g/mol. The first-order valence-electron chi connectivity index (χ1n) is 15.1. The molecule has 3 aromatic carbocycles. The summed E-state index contributed by atoms with van der Waals surface area (Å²) in [6, 6.07) is 24.0. The maximum atomic E-state index is 12.6. The second-order valence-corrected chi connectivity index (χ2v) is 10.8. The van der Waals surface area contributed by atoms with Crippen LogP contribution in [0.5, 0.6) is 0 Å². The van der Waals surface area contributed by atoms with Gasteiger partial charge in [0.1, 0.15) is 6.61 Å². The fraction of sp³-hybridized carbons (Fsp3) is 0.429. The van der Waals surface area contributed by atoms with Gasteiger partial charge in [-0.05, 0) is 46.4 Å². The van der Waals surface area contributed by atoms with Crippen molar-refractivity contribution in [3.63, 3.8) is 0 Å². The summed E-state index contributed by atoms with van der Waals surface area (Å²) >= 11 is 0. The van der Waals surface area contributed by atoms with Crippen molar-refractivity contribution >= 4 is 12.0 Å². The molecule has 40 heavy (non-hydrogen) atoms. The number of hydrogen-bond donors (Lipinski definition) is 2. The number of carbonyl (C=O) groups excluding carboxylic acids is 2. The van der Waals surface area contributed by atoms with E-state index in [4.69, 9.17) is 4.74 Å². The van der Waals surface area contributed by atoms with E-state index in [1.807, 2.05) is 48.5 Å². The molecule has 2 amide bonds. The zero-order valence-corrected chi connectivity index (χ0v) is 23.9. The molecular formula is C35H44N2O3. The Labute approximate surface area is 239 Å². The Balaban J connectivity index is 1.14. The maximum Gasteiger partial charge on any atom is 0.407 e. The van der Waals surface area contributed by atoms with E-state index >= 15 is 0 Å². The number of rotatable bonds is 16. The molecule has 0 radical (unpaired) electrons. The molecule has 5 nitrogen and oxygen atoms in total. The van der Waals surface area contributed by atoms with Gasteiger partial charge in [0.25, 0.3) is 5.91 Å². The highest BCUT2D eigenvalue weighted by Crippen LogP contribution is 2.44. The number of amides is 2. The molecule has 212 valence electrons. The van der Waals surface area contributed by atoms with Gasteiger partial charge in [-0.2, -0.15) is 0 Å². The molecule has 0 bridgehead atoms. The molecule has 0 atom stereocenters. The molecule has 0 fully saturated rings. The van der Waals surface area contributed by atoms with E-state index < -0.39 is 6.09 Å². The number of unbranched alkanes of at least 4 members (excludes halogenated alkanes) is 9. The molecule has 4 rings (SSSR count). The van der Waals surface area contributed by atoms with Gasteiger partial charge in [-0.15, -0.1) is 0 Å². The Morgan fingerprint density at radius 3 is 1.95 bits per heavy atom. The van der Waals surface area contributed by atoms with E-state index in [0.717, 1.165) is 18.4 Å². The summed E-state index contributed by atoms with van der Waals surface area (Å²) in [6.45, 7) is 3.53. The van der Waals surface area contributed by atoms with Crippen LogP contribution in [0.4, 0.5) is 4.79 Å². The van der Waals surface area contributed by atoms with Crippen LogP contribution in [0.15, 0.2) is 72.8 Å². The number of ether oxygens (including phenoxy) is 1. The van der Waals surface area contributed by atoms with Crippen LogP contribution in [0.2, 0.25) is 0 Å². The maximum absolute atomic E-state index is 12.6. The molecule has 0 unspecified atom stereocenters. The highest BCUT2D eigenvalue weighted by atomic mass is 16.5. The molecule has 0 heterocycles. The standard InChI is InChI=1S/C35H44N2O3/c1-2-3-4-5-6-7-8-9-10-15-23-36-34(38)28-18-16-17-27(24-28)25-37-35(39)40-26-33-31-21-13-11-19-29(31)30-20-12-14-22-32(30)33/h11-14,16-22,24,33H,2-10,15,23,25-26H2,1H3,(H,36,38)(H,37,39). The minimum atomic E-state index is -0.460. The molecule has 5 heteroatoms. The lowest BCUT2D eigenvalue weighted by atomic mass is 9.98. The quantitative estimate of drug-likeness (QED) is 0.179. The summed E-state index contributed by atoms with van der Waals surface area (Å²) in [5.41, 5.74) is 6.26. The first-order valence-corrected chi connectivity index (χ1v) is 15.1. The van der Waals surface area contributed by atoms with Gasteiger partial charge in [-0.25, -0.2) is 4.79 Å². The summed E-state index contributed by atoms with van der Waals surface area (Å²) in [5.74, 6) is -0.0420. The van der Waals surface area contributed by atoms with Gasteiger partial charge in [-0.3, -0.25) is 4.79 Å². The third-order valence-electron chi connectivity index (χ3n) is 7.79. The molecule has 0 saturated carbocycles. The topological polar surface area (TPSA) is 67.4 Å². The van der Waals surface area contributed by atoms with Crippen LogP contribution in [-0.2, 0) is 11.3 Å². The number of carbonyl (C=O) groups is 2. The van der Waals surface area contributed by atoms with E-state index in [2.05, 4.69) is 41.8 Å². The van der Waals surface area contributed by atoms with E-state index in [0.29, 0.717) is 18.7 Å². The molecular weight excluding hydrogens is 496 g/mol. The van der Waals surface area contributed by atoms with Crippen LogP contribution in [-0.4, -0.2) is 25.2 Å². The number of nitrogens with one attached hydrogen (secondary N) is 2. The number of fused-ring (bicyclic) bond motifs is 3. The van der Waals surface area contributed by atoms with Gasteiger partial charge >= 0.3 is 6.09 Å². The monoisotopic (exact) mass is 540 g/mol. The van der Waals surface area contributed by atoms with Gasteiger partial charge in [0.2, 0.25) is 0 Å². The molecule has 3 aromatic rings. The molecule has 1 aliphatic rings. The Bertz CT molecular complexity index is 1190. The average Bonchev–Trinajstić information content (AvgIpc) is 3.31. The SMILES string of the molecule is CCCCCCCCCCCCNC(=O)c1cccc(CNC(=O)OCC2c3ccccc3-c3ccccc32)c1. The fourth-order valence-electron chi connectivity index (χ4n) is 5.56. The van der Waals surface area contributed by atoms with Crippen molar-refractivity contribution < 1.29 is 14.3 Å². The van der Waals surface area contributed by atoms with Crippen LogP contribution in [0.25, 0.3) is 11.1 Å². The zero-order chi connectivity index (χ0) is 28.0. The summed E-state index contributed by atoms with van der Waals surface area (Å²) in [7, 11) is 0. The number of alkyl carbamates (subject to hydrolysis) is 1. The van der Waals surface area contributed by atoms with Crippen molar-refractivity contribution in [2.75, 3.05) is 13.2 Å². The lowest BCUT2D eigenvalue weighted by Gasteiger charge is -2.14. The van der Waals surface area contributed by atoms with Crippen molar-refractivity contribution in [3.8, 4) is 11.1 Å². The van der Waals surface area contributed by atoms with Crippen molar-refractivity contribution in [2.45, 2.75) is 83.6 Å². The Kier molecular flexibility index (Phi) is 11.6. The fourth-order valence-corrected chi connectivity index (χ4v) is 5.56. The first-order chi connectivity index (χ1) is 19.7. The van der Waals surface area contributed by atoms with E-state index in [1.54, 1.807) is 0 Å². The third kappa shape index (κ3) is 8.45. The van der Waals surface area contributed by atoms with Crippen LogP contribution in [0.1, 0.15) is 104 Å². The van der Waals surface area contributed by atoms with Crippen molar-refractivity contribution in [2.24, 2.45) is 0 Å². The second kappa shape index (κ2) is 15.9. The number of hydrogen-bond acceptors (Lipinski definition) is 3. The van der Waals surface area contributed by atoms with Crippen molar-refractivity contribution in [1.82, 2.24) is 10.6 Å². The van der Waals surface area contributed by atoms with E-state index in [1.165, 1.54) is 73.6 Å². The molecule has 0 aromatic heterocycles. The first kappa shape index (κ1) is 29.4. The normalized spacial score (nSPS) is 12.0. The molecule has 0 aliphatic heterocycles. The Hall–Kier alpha value is -3.60. The van der Waals surface area contributed by atoms with Crippen molar-refractivity contribution in [3.05, 3.63) is 95.1 Å². The van der Waals surface area contributed by atoms with Crippen LogP contribution in [0.3, 0.4) is 0 Å². The van der Waals surface area contributed by atoms with Crippen LogP contribution >= 0.6 is 0 Å². The highest BCUT2D eigenvalue weighted by molar-refractivity contribution is 5.94. The predicted octanol–water partition coefficient (Wildman–Crippen LogP) is 8.38. The second-order valence-electron chi connectivity index (χ2n) is 10.8. The molecule has 1 aliphatic carbocycles. The summed E-state index contributed by atoms with van der Waals surface area (Å²) < 4.78 is 5.63. The predicted molar refractivity (Wildman–Crippen MR) is 163 cm³/mol. The Morgan fingerprint density at radius 2 is 1.30 bits per heavy atom. The number of benzene rings is 3. The minimum absolute atomic E-state index is 0.0284. The smallest absolute Gasteiger partial charge is 0.407 e. The molecule has 0 saturated heterocycles. The summed E-state index contributed by atoms with van der Waals surface area (Å²) in [4.78, 5) is 25.2. The Morgan fingerprint density at radius 1 is 0.700 bits per heavy atom. The van der Waals surface area contributed by atoms with Gasteiger partial charge in [0.15, 0.2) is 0 Å². The van der Waals surface area contributed by atoms with Gasteiger partial charge in [-0.1, -0.05) is 125 Å². The molecule has 0 spiro atoms. The summed E-state index contributed by atoms with van der Waals surface area (Å²) in [5, 5.41) is 5.87. The minimum Gasteiger partial charge on any atom is -0.449 e. The van der Waals surface area contributed by atoms with Gasteiger partial charge < -0.3 is 15.4 Å². The van der Waals surface area contributed by atoms with Crippen LogP contribution in [0, 0.1) is 0 Å². The lowest BCUT2D eigenvalue weighted by Crippen LogP contribution is -2.26. The zero-order valence-electron chi connectivity index (χ0n) is 23.9. The lowest BCUT2D eigenvalue weighted by molar-refractivity contribution is 0.0952. The van der Waals surface area contributed by atoms with Gasteiger partial charge in [0, 0.05) is 24.6 Å². The van der Waals surface area contributed by atoms with Gasteiger partial charge in [0.05, 0.1) is 0 Å². The highest BCUT2D eigenvalue weighted by Gasteiger charge is 2.28. The van der Waals surface area contributed by atoms with E-state index in [9.17, 15) is 9.59 Å². The van der Waals surface area contributed by atoms with Crippen molar-refractivity contribution in [1.29, 1.82) is 0 Å². The molecule has 2 N–H and O–H groups in total. The largest absolute Gasteiger partial charge is 0.449 e. The van der Waals surface area contributed by atoms with E-state index in [-0.39, 0.29) is 18.4 Å². The van der Waals surface area contributed by atoms with Crippen LogP contribution < -0.4 is 10.6 Å².